The van der Waals surface area contributed by atoms with Crippen LogP contribution in [0.3, 0.4) is 0 Å². The van der Waals surface area contributed by atoms with Gasteiger partial charge in [0, 0.05) is 23.8 Å². The molecule has 2 saturated heterocycles. The summed E-state index contributed by atoms with van der Waals surface area (Å²) in [4.78, 5) is 6.79. The molecular weight excluding hydrogens is 307 g/mol. The Hall–Kier alpha value is -1.20. The van der Waals surface area contributed by atoms with Crippen LogP contribution < -0.4 is 4.74 Å². The normalized spacial score (nSPS) is 28.3. The van der Waals surface area contributed by atoms with Gasteiger partial charge in [-0.15, -0.1) is 0 Å². The fraction of sp³-hybridized carbons (Fsp3) is 0.737. The van der Waals surface area contributed by atoms with Crippen molar-refractivity contribution >= 4 is 0 Å². The average Bonchev–Trinajstić information content (AvgIpc) is 3.11. The fourth-order valence-corrected chi connectivity index (χ4v) is 4.04. The zero-order valence-electron chi connectivity index (χ0n) is 15.0. The summed E-state index contributed by atoms with van der Waals surface area (Å²) < 4.78 is 25.3. The first kappa shape index (κ1) is 17.6. The van der Waals surface area contributed by atoms with Crippen molar-refractivity contribution in [2.24, 2.45) is 0 Å². The van der Waals surface area contributed by atoms with E-state index in [-0.39, 0.29) is 11.6 Å². The van der Waals surface area contributed by atoms with Gasteiger partial charge in [0.2, 0.25) is 5.88 Å². The third-order valence-corrected chi connectivity index (χ3v) is 5.36. The van der Waals surface area contributed by atoms with Crippen LogP contribution in [0.2, 0.25) is 0 Å². The van der Waals surface area contributed by atoms with Gasteiger partial charge in [-0.2, -0.15) is 0 Å². The molecule has 0 spiro atoms. The third kappa shape index (κ3) is 3.72. The third-order valence-electron chi connectivity index (χ3n) is 5.36. The van der Waals surface area contributed by atoms with Gasteiger partial charge >= 0.3 is 0 Å². The van der Waals surface area contributed by atoms with Crippen LogP contribution >= 0.6 is 0 Å². The number of fused-ring (bicyclic) bond motifs is 1. The average molecular weight is 336 g/mol. The van der Waals surface area contributed by atoms with Crippen molar-refractivity contribution in [2.45, 2.75) is 70.3 Å². The van der Waals surface area contributed by atoms with Crippen LogP contribution in [0.15, 0.2) is 18.3 Å². The lowest BCUT2D eigenvalue weighted by molar-refractivity contribution is -0.00911. The molecule has 5 heteroatoms. The molecule has 2 aliphatic heterocycles. The number of aromatic nitrogens is 1. The molecule has 0 saturated carbocycles. The molecule has 0 aromatic carbocycles. The first-order valence-electron chi connectivity index (χ1n) is 9.11. The first-order valence-corrected chi connectivity index (χ1v) is 9.11. The summed E-state index contributed by atoms with van der Waals surface area (Å²) in [6.07, 6.45) is 5.62. The molecule has 0 radical (unpaired) electrons. The summed E-state index contributed by atoms with van der Waals surface area (Å²) in [6.45, 7) is 8.26. The van der Waals surface area contributed by atoms with Crippen LogP contribution in [0.1, 0.15) is 58.2 Å². The predicted octanol–water partition coefficient (Wildman–Crippen LogP) is 3.91. The highest BCUT2D eigenvalue weighted by Crippen LogP contribution is 2.42. The van der Waals surface area contributed by atoms with E-state index in [1.54, 1.807) is 18.3 Å². The highest BCUT2D eigenvalue weighted by atomic mass is 19.1. The number of hydrogen-bond acceptors (Lipinski definition) is 4. The molecule has 2 fully saturated rings. The van der Waals surface area contributed by atoms with Gasteiger partial charge in [0.1, 0.15) is 12.8 Å². The van der Waals surface area contributed by atoms with E-state index in [0.29, 0.717) is 24.1 Å². The van der Waals surface area contributed by atoms with Gasteiger partial charge in [0.25, 0.3) is 0 Å². The summed E-state index contributed by atoms with van der Waals surface area (Å²) in [5, 5.41) is 0. The SMILES string of the molecule is CC(C)OC[C@@]12CCCN1[C@H](COc1cc(C(C)F)ccn1)CC2. The molecule has 3 heterocycles. The first-order chi connectivity index (χ1) is 11.5. The Kier molecular flexibility index (Phi) is 5.40. The topological polar surface area (TPSA) is 34.6 Å². The van der Waals surface area contributed by atoms with E-state index in [1.807, 2.05) is 0 Å². The van der Waals surface area contributed by atoms with Crippen molar-refractivity contribution in [2.75, 3.05) is 19.8 Å². The molecular formula is C19H29FN2O2. The quantitative estimate of drug-likeness (QED) is 0.756. The van der Waals surface area contributed by atoms with E-state index < -0.39 is 6.17 Å². The maximum absolute atomic E-state index is 13.4. The van der Waals surface area contributed by atoms with Crippen molar-refractivity contribution in [1.29, 1.82) is 0 Å². The maximum atomic E-state index is 13.4. The molecule has 0 bridgehead atoms. The summed E-state index contributed by atoms with van der Waals surface area (Å²) in [7, 11) is 0. The number of rotatable bonds is 7. The van der Waals surface area contributed by atoms with Crippen molar-refractivity contribution in [1.82, 2.24) is 9.88 Å². The summed E-state index contributed by atoms with van der Waals surface area (Å²) >= 11 is 0. The number of pyridine rings is 1. The van der Waals surface area contributed by atoms with Crippen molar-refractivity contribution in [3.63, 3.8) is 0 Å². The fourth-order valence-electron chi connectivity index (χ4n) is 4.04. The van der Waals surface area contributed by atoms with Crippen molar-refractivity contribution in [3.05, 3.63) is 23.9 Å². The number of alkyl halides is 1. The summed E-state index contributed by atoms with van der Waals surface area (Å²) in [5.41, 5.74) is 0.813. The minimum Gasteiger partial charge on any atom is -0.476 e. The molecule has 1 aromatic rings. The van der Waals surface area contributed by atoms with E-state index in [9.17, 15) is 4.39 Å². The molecule has 1 aromatic heterocycles. The molecule has 0 aliphatic carbocycles. The van der Waals surface area contributed by atoms with Crippen LogP contribution in [0.5, 0.6) is 5.88 Å². The largest absolute Gasteiger partial charge is 0.476 e. The Bertz CT molecular complexity index is 552. The van der Waals surface area contributed by atoms with Crippen molar-refractivity contribution < 1.29 is 13.9 Å². The molecule has 1 unspecified atom stereocenters. The van der Waals surface area contributed by atoms with Gasteiger partial charge in [-0.25, -0.2) is 9.37 Å². The van der Waals surface area contributed by atoms with Crippen LogP contribution in [0, 0.1) is 0 Å². The van der Waals surface area contributed by atoms with E-state index in [1.165, 1.54) is 26.2 Å². The van der Waals surface area contributed by atoms with Gasteiger partial charge < -0.3 is 9.47 Å². The van der Waals surface area contributed by atoms with Crippen LogP contribution in [-0.4, -0.2) is 47.3 Å². The zero-order chi connectivity index (χ0) is 17.2. The number of nitrogens with zero attached hydrogens (tertiary/aromatic N) is 2. The predicted molar refractivity (Wildman–Crippen MR) is 92.0 cm³/mol. The maximum Gasteiger partial charge on any atom is 0.213 e. The molecule has 4 nitrogen and oxygen atoms in total. The number of halogens is 1. The summed E-state index contributed by atoms with van der Waals surface area (Å²) in [5.74, 6) is 0.520. The Morgan fingerprint density at radius 2 is 2.21 bits per heavy atom. The Balaban J connectivity index is 1.59. The van der Waals surface area contributed by atoms with E-state index in [0.717, 1.165) is 19.6 Å². The number of ether oxygens (including phenoxy) is 2. The van der Waals surface area contributed by atoms with Crippen LogP contribution in [0.4, 0.5) is 4.39 Å². The lowest BCUT2D eigenvalue weighted by atomic mass is 9.95. The molecule has 2 aliphatic rings. The highest BCUT2D eigenvalue weighted by Gasteiger charge is 2.49. The second kappa shape index (κ2) is 7.36. The van der Waals surface area contributed by atoms with Gasteiger partial charge in [-0.3, -0.25) is 4.90 Å². The second-order valence-electron chi connectivity index (χ2n) is 7.43. The lowest BCUT2D eigenvalue weighted by Crippen LogP contribution is -2.47. The van der Waals surface area contributed by atoms with Gasteiger partial charge in [0.15, 0.2) is 0 Å². The standard InChI is InChI=1S/C19H29FN2O2/c1-14(2)24-13-19-7-4-10-22(19)17(5-8-19)12-23-18-11-16(15(3)20)6-9-21-18/h6,9,11,14-15,17H,4-5,7-8,10,12-13H2,1-3H3/t15?,17-,19-/m0/s1. The molecule has 3 atom stereocenters. The van der Waals surface area contributed by atoms with E-state index in [4.69, 9.17) is 9.47 Å². The monoisotopic (exact) mass is 336 g/mol. The number of hydrogen-bond donors (Lipinski definition) is 0. The van der Waals surface area contributed by atoms with Gasteiger partial charge in [0.05, 0.1) is 12.7 Å². The molecule has 0 amide bonds. The Labute approximate surface area is 144 Å². The lowest BCUT2D eigenvalue weighted by Gasteiger charge is -2.35. The smallest absolute Gasteiger partial charge is 0.213 e. The molecule has 24 heavy (non-hydrogen) atoms. The van der Waals surface area contributed by atoms with Gasteiger partial charge in [-0.1, -0.05) is 0 Å². The molecule has 134 valence electrons. The van der Waals surface area contributed by atoms with Crippen molar-refractivity contribution in [3.8, 4) is 5.88 Å². The van der Waals surface area contributed by atoms with Crippen LogP contribution in [0.25, 0.3) is 0 Å². The van der Waals surface area contributed by atoms with E-state index in [2.05, 4.69) is 23.7 Å². The van der Waals surface area contributed by atoms with Crippen LogP contribution in [-0.2, 0) is 4.74 Å². The Morgan fingerprint density at radius 3 is 2.96 bits per heavy atom. The Morgan fingerprint density at radius 1 is 1.38 bits per heavy atom. The second-order valence-corrected chi connectivity index (χ2v) is 7.43. The minimum atomic E-state index is -0.999. The molecule has 0 N–H and O–H groups in total. The van der Waals surface area contributed by atoms with Gasteiger partial charge in [-0.05, 0) is 64.6 Å². The summed E-state index contributed by atoms with van der Waals surface area (Å²) in [6, 6.07) is 3.80. The molecule has 3 rings (SSSR count). The zero-order valence-corrected chi connectivity index (χ0v) is 15.0. The minimum absolute atomic E-state index is 0.195. The van der Waals surface area contributed by atoms with E-state index >= 15 is 0 Å². The highest BCUT2D eigenvalue weighted by molar-refractivity contribution is 5.22.